The van der Waals surface area contributed by atoms with Crippen LogP contribution in [0.15, 0.2) is 36.9 Å². The smallest absolute Gasteiger partial charge is 0.0784 e. The Kier molecular flexibility index (Phi) is 2.00. The van der Waals surface area contributed by atoms with Crippen molar-refractivity contribution < 1.29 is 0 Å². The second-order valence-electron chi connectivity index (χ2n) is 4.88. The van der Waals surface area contributed by atoms with Crippen molar-refractivity contribution in [2.24, 2.45) is 0 Å². The molecule has 0 spiro atoms. The molecule has 1 aliphatic carbocycles. The molecular formula is C13H16Si. The van der Waals surface area contributed by atoms with Gasteiger partial charge in [0.2, 0.25) is 0 Å². The zero-order valence-corrected chi connectivity index (χ0v) is 10.1. The van der Waals surface area contributed by atoms with Crippen molar-refractivity contribution in [2.75, 3.05) is 0 Å². The maximum Gasteiger partial charge on any atom is 0.0784 e. The number of hydrogen-bond donors (Lipinski definition) is 0. The fourth-order valence-electron chi connectivity index (χ4n) is 1.95. The average molecular weight is 200 g/mol. The van der Waals surface area contributed by atoms with Gasteiger partial charge in [0.05, 0.1) is 8.07 Å². The van der Waals surface area contributed by atoms with E-state index in [0.29, 0.717) is 0 Å². The second kappa shape index (κ2) is 2.96. The van der Waals surface area contributed by atoms with Gasteiger partial charge < -0.3 is 0 Å². The maximum atomic E-state index is 4.11. The summed E-state index contributed by atoms with van der Waals surface area (Å²) < 4.78 is 0. The normalized spacial score (nSPS) is 15.4. The first kappa shape index (κ1) is 9.47. The Morgan fingerprint density at radius 1 is 1.00 bits per heavy atom. The number of benzene rings is 1. The topological polar surface area (TPSA) is 0 Å². The summed E-state index contributed by atoms with van der Waals surface area (Å²) in [7, 11) is -1.22. The van der Waals surface area contributed by atoms with Gasteiger partial charge in [-0.1, -0.05) is 61.8 Å². The average Bonchev–Trinajstić information content (AvgIpc) is 2.44. The molecule has 0 nitrogen and oxygen atoms in total. The zero-order valence-electron chi connectivity index (χ0n) is 9.09. The monoisotopic (exact) mass is 200 g/mol. The first-order chi connectivity index (χ1) is 6.50. The van der Waals surface area contributed by atoms with Crippen molar-refractivity contribution in [3.63, 3.8) is 0 Å². The minimum absolute atomic E-state index is 1.18. The molecule has 72 valence electrons. The highest BCUT2D eigenvalue weighted by molar-refractivity contribution is 6.94. The predicted octanol–water partition coefficient (Wildman–Crippen LogP) is 3.97. The van der Waals surface area contributed by atoms with Crippen LogP contribution in [-0.4, -0.2) is 8.07 Å². The molecule has 0 atom stereocenters. The van der Waals surface area contributed by atoms with Crippen molar-refractivity contribution in [1.29, 1.82) is 0 Å². The zero-order chi connectivity index (χ0) is 10.3. The molecular weight excluding hydrogens is 184 g/mol. The lowest BCUT2D eigenvalue weighted by atomic mass is 10.1. The van der Waals surface area contributed by atoms with Gasteiger partial charge in [-0.25, -0.2) is 0 Å². The molecule has 2 rings (SSSR count). The fraction of sp³-hybridized carbons (Fsp3) is 0.231. The van der Waals surface area contributed by atoms with E-state index in [0.717, 1.165) is 0 Å². The Morgan fingerprint density at radius 2 is 1.57 bits per heavy atom. The number of rotatable bonds is 1. The predicted molar refractivity (Wildman–Crippen MR) is 66.8 cm³/mol. The molecule has 0 radical (unpaired) electrons. The standard InChI is InChI=1S/C13H16Si/c1-10-9-13(14(2,3)4)12-8-6-5-7-11(10)12/h5-9H,1H2,2-4H3. The van der Waals surface area contributed by atoms with E-state index in [4.69, 9.17) is 0 Å². The molecule has 1 heteroatoms. The summed E-state index contributed by atoms with van der Waals surface area (Å²) in [6.45, 7) is 11.3. The molecule has 1 aliphatic rings. The maximum absolute atomic E-state index is 4.11. The fourth-order valence-corrected chi connectivity index (χ4v) is 3.58. The third-order valence-corrected chi connectivity index (χ3v) is 4.72. The highest BCUT2D eigenvalue weighted by atomic mass is 28.3. The molecule has 0 heterocycles. The molecule has 1 aromatic carbocycles. The first-order valence-corrected chi connectivity index (χ1v) is 8.51. The van der Waals surface area contributed by atoms with E-state index >= 15 is 0 Å². The second-order valence-corrected chi connectivity index (χ2v) is 9.92. The molecule has 0 saturated carbocycles. The Hall–Kier alpha value is -1.08. The number of fused-ring (bicyclic) bond motifs is 1. The van der Waals surface area contributed by atoms with Crippen LogP contribution in [0.4, 0.5) is 0 Å². The van der Waals surface area contributed by atoms with Gasteiger partial charge in [0.1, 0.15) is 0 Å². The van der Waals surface area contributed by atoms with E-state index in [1.807, 2.05) is 0 Å². The van der Waals surface area contributed by atoms with E-state index in [-0.39, 0.29) is 0 Å². The third-order valence-electron chi connectivity index (χ3n) is 2.69. The SMILES string of the molecule is C=C1C=C([Si](C)(C)C)c2ccccc21. The van der Waals surface area contributed by atoms with Crippen LogP contribution < -0.4 is 0 Å². The highest BCUT2D eigenvalue weighted by Gasteiger charge is 2.27. The van der Waals surface area contributed by atoms with E-state index < -0.39 is 8.07 Å². The van der Waals surface area contributed by atoms with Gasteiger partial charge in [-0.15, -0.1) is 0 Å². The summed E-state index contributed by atoms with van der Waals surface area (Å²) in [4.78, 5) is 0. The van der Waals surface area contributed by atoms with Gasteiger partial charge in [0, 0.05) is 0 Å². The van der Waals surface area contributed by atoms with E-state index in [2.05, 4.69) is 56.6 Å². The molecule has 0 bridgehead atoms. The van der Waals surface area contributed by atoms with Gasteiger partial charge in [-0.05, 0) is 16.7 Å². The molecule has 0 aliphatic heterocycles. The van der Waals surface area contributed by atoms with Crippen LogP contribution in [0.3, 0.4) is 0 Å². The minimum Gasteiger partial charge on any atom is -0.0911 e. The summed E-state index contributed by atoms with van der Waals surface area (Å²) in [5.41, 5.74) is 3.92. The summed E-state index contributed by atoms with van der Waals surface area (Å²) in [6, 6.07) is 8.59. The van der Waals surface area contributed by atoms with E-state index in [9.17, 15) is 0 Å². The van der Waals surface area contributed by atoms with Crippen molar-refractivity contribution >= 4 is 18.8 Å². The Labute approximate surface area is 87.0 Å². The van der Waals surface area contributed by atoms with Crippen molar-refractivity contribution in [2.45, 2.75) is 19.6 Å². The van der Waals surface area contributed by atoms with E-state index in [1.54, 1.807) is 0 Å². The summed E-state index contributed by atoms with van der Waals surface area (Å²) in [6.07, 6.45) is 2.27. The Bertz CT molecular complexity index is 419. The summed E-state index contributed by atoms with van der Waals surface area (Å²) in [5.74, 6) is 0. The van der Waals surface area contributed by atoms with Gasteiger partial charge in [0.15, 0.2) is 0 Å². The van der Waals surface area contributed by atoms with Crippen LogP contribution in [-0.2, 0) is 0 Å². The van der Waals surface area contributed by atoms with Crippen LogP contribution in [0.1, 0.15) is 11.1 Å². The quantitative estimate of drug-likeness (QED) is 0.602. The largest absolute Gasteiger partial charge is 0.0911 e. The lowest BCUT2D eigenvalue weighted by Gasteiger charge is -2.18. The first-order valence-electron chi connectivity index (χ1n) is 5.01. The summed E-state index contributed by atoms with van der Waals surface area (Å²) >= 11 is 0. The number of hydrogen-bond acceptors (Lipinski definition) is 0. The van der Waals surface area contributed by atoms with Crippen LogP contribution in [0.2, 0.25) is 19.6 Å². The van der Waals surface area contributed by atoms with Gasteiger partial charge in [-0.3, -0.25) is 0 Å². The molecule has 0 fully saturated rings. The molecule has 0 amide bonds. The lowest BCUT2D eigenvalue weighted by molar-refractivity contribution is 1.60. The van der Waals surface area contributed by atoms with E-state index in [1.165, 1.54) is 21.9 Å². The molecule has 0 N–H and O–H groups in total. The summed E-state index contributed by atoms with van der Waals surface area (Å²) in [5, 5.41) is 1.54. The third kappa shape index (κ3) is 1.38. The van der Waals surface area contributed by atoms with Crippen LogP contribution in [0.25, 0.3) is 10.8 Å². The van der Waals surface area contributed by atoms with Gasteiger partial charge in [0.25, 0.3) is 0 Å². The number of allylic oxidation sites excluding steroid dienone is 2. The Balaban J connectivity index is 2.60. The molecule has 0 unspecified atom stereocenters. The molecule has 1 aromatic rings. The minimum atomic E-state index is -1.22. The molecule has 14 heavy (non-hydrogen) atoms. The van der Waals surface area contributed by atoms with Gasteiger partial charge in [-0.2, -0.15) is 0 Å². The van der Waals surface area contributed by atoms with Crippen molar-refractivity contribution in [3.05, 3.63) is 48.0 Å². The molecule has 0 saturated heterocycles. The highest BCUT2D eigenvalue weighted by Crippen LogP contribution is 2.38. The van der Waals surface area contributed by atoms with Crippen LogP contribution >= 0.6 is 0 Å². The van der Waals surface area contributed by atoms with Crippen LogP contribution in [0.5, 0.6) is 0 Å². The van der Waals surface area contributed by atoms with Crippen LogP contribution in [0, 0.1) is 0 Å². The van der Waals surface area contributed by atoms with Gasteiger partial charge >= 0.3 is 0 Å². The lowest BCUT2D eigenvalue weighted by Crippen LogP contribution is -2.21. The van der Waals surface area contributed by atoms with Crippen molar-refractivity contribution in [3.8, 4) is 0 Å². The molecule has 0 aromatic heterocycles. The van der Waals surface area contributed by atoms with Crippen molar-refractivity contribution in [1.82, 2.24) is 0 Å². The Morgan fingerprint density at radius 3 is 2.14 bits per heavy atom.